The molecule has 2 aromatic heterocycles. The third-order valence-electron chi connectivity index (χ3n) is 5.84. The number of furan rings is 1. The molecule has 0 bridgehead atoms. The van der Waals surface area contributed by atoms with Gasteiger partial charge in [0, 0.05) is 50.7 Å². The van der Waals surface area contributed by atoms with Crippen molar-refractivity contribution in [3.63, 3.8) is 0 Å². The highest BCUT2D eigenvalue weighted by molar-refractivity contribution is 7.13. The van der Waals surface area contributed by atoms with Gasteiger partial charge >= 0.3 is 0 Å². The highest BCUT2D eigenvalue weighted by Gasteiger charge is 2.26. The Balaban J connectivity index is 1.24. The van der Waals surface area contributed by atoms with E-state index in [2.05, 4.69) is 27.0 Å². The number of amides is 1. The molecule has 2 aliphatic rings. The fraction of sp³-hybridized carbons (Fsp3) is 0.619. The summed E-state index contributed by atoms with van der Waals surface area (Å²) in [6.07, 6.45) is 3.55. The minimum absolute atomic E-state index is 0.304. The largest absolute Gasteiger partial charge is 0.459 e. The average Bonchev–Trinajstić information content (AvgIpc) is 3.32. The van der Waals surface area contributed by atoms with Gasteiger partial charge in [0.25, 0.3) is 0 Å². The lowest BCUT2D eigenvalue weighted by Gasteiger charge is -2.37. The smallest absolute Gasteiger partial charge is 0.236 e. The lowest BCUT2D eigenvalue weighted by atomic mass is 10.0. The highest BCUT2D eigenvalue weighted by atomic mass is 32.1. The molecule has 0 saturated carbocycles. The van der Waals surface area contributed by atoms with Gasteiger partial charge in [-0.2, -0.15) is 0 Å². The molecule has 0 aromatic carbocycles. The summed E-state index contributed by atoms with van der Waals surface area (Å²) in [5.74, 6) is 2.07. The minimum atomic E-state index is 0.304. The van der Waals surface area contributed by atoms with Crippen molar-refractivity contribution in [2.75, 3.05) is 39.3 Å². The first-order chi connectivity index (χ1) is 13.6. The molecule has 2 saturated heterocycles. The number of piperidine rings is 1. The molecule has 4 rings (SSSR count). The molecular formula is C21H30N4O2S. The van der Waals surface area contributed by atoms with Gasteiger partial charge in [0.1, 0.15) is 5.76 Å². The van der Waals surface area contributed by atoms with Crippen molar-refractivity contribution in [3.05, 3.63) is 29.0 Å². The number of carbonyl (C=O) groups excluding carboxylic acids is 1. The Morgan fingerprint density at radius 1 is 1.18 bits per heavy atom. The number of thiazole rings is 1. The molecule has 28 heavy (non-hydrogen) atoms. The highest BCUT2D eigenvalue weighted by Crippen LogP contribution is 2.26. The van der Waals surface area contributed by atoms with Crippen LogP contribution in [-0.4, -0.2) is 70.9 Å². The molecule has 0 spiro atoms. The van der Waals surface area contributed by atoms with Crippen molar-refractivity contribution < 1.29 is 9.21 Å². The third kappa shape index (κ3) is 4.64. The van der Waals surface area contributed by atoms with E-state index in [1.54, 1.807) is 11.3 Å². The Hall–Kier alpha value is -1.70. The predicted octanol–water partition coefficient (Wildman–Crippen LogP) is 3.23. The van der Waals surface area contributed by atoms with Crippen LogP contribution >= 0.6 is 11.3 Å². The molecule has 2 fully saturated rings. The van der Waals surface area contributed by atoms with Crippen LogP contribution in [0.4, 0.5) is 0 Å². The molecule has 0 N–H and O–H groups in total. The molecule has 0 radical (unpaired) electrons. The number of nitrogens with zero attached hydrogens (tertiary/aromatic N) is 4. The van der Waals surface area contributed by atoms with Crippen LogP contribution in [0, 0.1) is 6.92 Å². The minimum Gasteiger partial charge on any atom is -0.459 e. The van der Waals surface area contributed by atoms with Crippen LogP contribution in [0.2, 0.25) is 0 Å². The van der Waals surface area contributed by atoms with Gasteiger partial charge in [0.15, 0.2) is 10.8 Å². The first-order valence-corrected chi connectivity index (χ1v) is 11.2. The standard InChI is InChI=1S/C21H30N4O2S/c1-16-5-3-4-8-25(16)20(26)14-24-11-9-23(10-12-24)13-18-15-28-21(22-18)19-7-6-17(2)27-19/h6-7,15-16H,3-5,8-14H2,1-2H3. The summed E-state index contributed by atoms with van der Waals surface area (Å²) in [6.45, 7) is 10.4. The summed E-state index contributed by atoms with van der Waals surface area (Å²) >= 11 is 1.64. The fourth-order valence-corrected chi connectivity index (χ4v) is 4.90. The number of aryl methyl sites for hydroxylation is 1. The first-order valence-electron chi connectivity index (χ1n) is 10.3. The van der Waals surface area contributed by atoms with Gasteiger partial charge in [-0.1, -0.05) is 0 Å². The SMILES string of the molecule is Cc1ccc(-c2nc(CN3CCN(CC(=O)N4CCCCC4C)CC3)cs2)o1. The molecule has 7 heteroatoms. The zero-order valence-electron chi connectivity index (χ0n) is 16.9. The van der Waals surface area contributed by atoms with Gasteiger partial charge in [0.05, 0.1) is 12.2 Å². The van der Waals surface area contributed by atoms with E-state index in [1.165, 1.54) is 6.42 Å². The fourth-order valence-electron chi connectivity index (χ4n) is 4.13. The Morgan fingerprint density at radius 3 is 2.68 bits per heavy atom. The predicted molar refractivity (Wildman–Crippen MR) is 111 cm³/mol. The van der Waals surface area contributed by atoms with Crippen LogP contribution in [0.5, 0.6) is 0 Å². The van der Waals surface area contributed by atoms with Crippen LogP contribution in [0.15, 0.2) is 21.9 Å². The van der Waals surface area contributed by atoms with Crippen molar-refractivity contribution in [1.29, 1.82) is 0 Å². The van der Waals surface area contributed by atoms with E-state index in [0.29, 0.717) is 18.5 Å². The molecular weight excluding hydrogens is 372 g/mol. The van der Waals surface area contributed by atoms with Gasteiger partial charge in [-0.15, -0.1) is 11.3 Å². The van der Waals surface area contributed by atoms with Crippen LogP contribution < -0.4 is 0 Å². The van der Waals surface area contributed by atoms with Crippen LogP contribution in [0.1, 0.15) is 37.6 Å². The van der Waals surface area contributed by atoms with E-state index < -0.39 is 0 Å². The summed E-state index contributed by atoms with van der Waals surface area (Å²) < 4.78 is 5.67. The maximum absolute atomic E-state index is 12.6. The van der Waals surface area contributed by atoms with E-state index in [-0.39, 0.29) is 0 Å². The average molecular weight is 403 g/mol. The number of piperazine rings is 1. The summed E-state index contributed by atoms with van der Waals surface area (Å²) in [7, 11) is 0. The zero-order valence-corrected chi connectivity index (χ0v) is 17.7. The summed E-state index contributed by atoms with van der Waals surface area (Å²) in [6, 6.07) is 4.36. The van der Waals surface area contributed by atoms with Crippen molar-refractivity contribution in [1.82, 2.24) is 19.7 Å². The lowest BCUT2D eigenvalue weighted by molar-refractivity contribution is -0.136. The van der Waals surface area contributed by atoms with E-state index in [4.69, 9.17) is 9.40 Å². The van der Waals surface area contributed by atoms with Crippen molar-refractivity contribution >= 4 is 17.2 Å². The Kier molecular flexibility index (Phi) is 6.13. The quantitative estimate of drug-likeness (QED) is 0.769. The summed E-state index contributed by atoms with van der Waals surface area (Å²) in [4.78, 5) is 24.2. The number of likely N-dealkylation sites (tertiary alicyclic amines) is 1. The Bertz CT molecular complexity index is 794. The van der Waals surface area contributed by atoms with E-state index >= 15 is 0 Å². The van der Waals surface area contributed by atoms with Gasteiger partial charge in [-0.3, -0.25) is 14.6 Å². The number of hydrogen-bond donors (Lipinski definition) is 0. The zero-order chi connectivity index (χ0) is 19.5. The third-order valence-corrected chi connectivity index (χ3v) is 6.74. The van der Waals surface area contributed by atoms with E-state index in [9.17, 15) is 4.79 Å². The number of rotatable bonds is 5. The van der Waals surface area contributed by atoms with Gasteiger partial charge in [-0.05, 0) is 45.2 Å². The Morgan fingerprint density at radius 2 is 1.96 bits per heavy atom. The maximum atomic E-state index is 12.6. The second-order valence-corrected chi connectivity index (χ2v) is 8.90. The topological polar surface area (TPSA) is 52.8 Å². The molecule has 6 nitrogen and oxygen atoms in total. The van der Waals surface area contributed by atoms with Crippen molar-refractivity contribution in [3.8, 4) is 10.8 Å². The molecule has 2 aliphatic heterocycles. The van der Waals surface area contributed by atoms with Crippen LogP contribution in [0.3, 0.4) is 0 Å². The monoisotopic (exact) mass is 402 g/mol. The molecule has 152 valence electrons. The molecule has 1 amide bonds. The van der Waals surface area contributed by atoms with E-state index in [0.717, 1.165) is 74.3 Å². The normalized spacial score (nSPS) is 21.9. The van der Waals surface area contributed by atoms with Gasteiger partial charge < -0.3 is 9.32 Å². The van der Waals surface area contributed by atoms with Gasteiger partial charge in [-0.25, -0.2) is 4.98 Å². The molecule has 2 aromatic rings. The van der Waals surface area contributed by atoms with Crippen molar-refractivity contribution in [2.24, 2.45) is 0 Å². The first kappa shape index (κ1) is 19.6. The second kappa shape index (κ2) is 8.76. The summed E-state index contributed by atoms with van der Waals surface area (Å²) in [5, 5.41) is 3.07. The van der Waals surface area contributed by atoms with Gasteiger partial charge in [0.2, 0.25) is 5.91 Å². The number of aromatic nitrogens is 1. The molecule has 0 aliphatic carbocycles. The van der Waals surface area contributed by atoms with E-state index in [1.807, 2.05) is 19.1 Å². The van der Waals surface area contributed by atoms with Crippen molar-refractivity contribution in [2.45, 2.75) is 45.7 Å². The molecule has 1 unspecified atom stereocenters. The Labute approximate surface area is 171 Å². The number of hydrogen-bond acceptors (Lipinski definition) is 6. The second-order valence-electron chi connectivity index (χ2n) is 8.04. The molecule has 1 atom stereocenters. The number of carbonyl (C=O) groups is 1. The lowest BCUT2D eigenvalue weighted by Crippen LogP contribution is -2.51. The van der Waals surface area contributed by atoms with Crippen LogP contribution in [-0.2, 0) is 11.3 Å². The maximum Gasteiger partial charge on any atom is 0.236 e. The summed E-state index contributed by atoms with van der Waals surface area (Å²) in [5.41, 5.74) is 1.10. The van der Waals surface area contributed by atoms with Crippen LogP contribution in [0.25, 0.3) is 10.8 Å². The molecule has 4 heterocycles.